The number of ether oxygens (including phenoxy) is 1. The Bertz CT molecular complexity index is 569. The smallest absolute Gasteiger partial charge is 0.131 e. The maximum Gasteiger partial charge on any atom is 0.131 e. The largest absolute Gasteiger partial charge is 0.497 e. The van der Waals surface area contributed by atoms with E-state index in [0.29, 0.717) is 33.6 Å². The molecule has 0 spiro atoms. The van der Waals surface area contributed by atoms with Gasteiger partial charge in [0.05, 0.1) is 22.8 Å². The van der Waals surface area contributed by atoms with Gasteiger partial charge in [-0.3, -0.25) is 0 Å². The van der Waals surface area contributed by atoms with Crippen LogP contribution in [0.3, 0.4) is 0 Å². The van der Waals surface area contributed by atoms with E-state index in [1.54, 1.807) is 30.3 Å². The number of hydrogen-bond acceptors (Lipinski definition) is 2. The number of benzene rings is 2. The summed E-state index contributed by atoms with van der Waals surface area (Å²) in [4.78, 5) is 0. The lowest BCUT2D eigenvalue weighted by Crippen LogP contribution is -2.03. The Kier molecular flexibility index (Phi) is 4.51. The molecule has 0 bridgehead atoms. The molecule has 0 heterocycles. The lowest BCUT2D eigenvalue weighted by Gasteiger charge is -2.11. The summed E-state index contributed by atoms with van der Waals surface area (Å²) in [6.45, 7) is 0.291. The molecule has 0 aliphatic carbocycles. The molecule has 0 aromatic heterocycles. The molecule has 2 rings (SSSR count). The van der Waals surface area contributed by atoms with Crippen LogP contribution in [-0.4, -0.2) is 7.11 Å². The molecule has 0 aliphatic heterocycles. The van der Waals surface area contributed by atoms with Crippen LogP contribution in [0.1, 0.15) is 5.56 Å². The summed E-state index contributed by atoms with van der Waals surface area (Å²) in [7, 11) is 1.50. The number of methoxy groups -OCH3 is 1. The van der Waals surface area contributed by atoms with Crippen LogP contribution in [0.25, 0.3) is 0 Å². The Morgan fingerprint density at radius 2 is 1.84 bits per heavy atom. The fraction of sp³-hybridized carbons (Fsp3) is 0.143. The molecule has 0 unspecified atom stereocenters. The van der Waals surface area contributed by atoms with Gasteiger partial charge in [-0.2, -0.15) is 0 Å². The molecule has 0 saturated heterocycles. The highest BCUT2D eigenvalue weighted by Crippen LogP contribution is 2.30. The van der Waals surface area contributed by atoms with E-state index < -0.39 is 0 Å². The van der Waals surface area contributed by atoms with Gasteiger partial charge in [-0.05, 0) is 18.2 Å². The Hall–Kier alpha value is -1.45. The minimum atomic E-state index is -0.338. The fourth-order valence-electron chi connectivity index (χ4n) is 1.65. The second-order valence-electron chi connectivity index (χ2n) is 3.91. The van der Waals surface area contributed by atoms with Gasteiger partial charge in [0, 0.05) is 18.2 Å². The maximum atomic E-state index is 13.8. The van der Waals surface area contributed by atoms with Crippen LogP contribution >= 0.6 is 23.2 Å². The first-order valence-electron chi connectivity index (χ1n) is 5.62. The van der Waals surface area contributed by atoms with Crippen LogP contribution in [-0.2, 0) is 6.54 Å². The lowest BCUT2D eigenvalue weighted by atomic mass is 10.2. The molecule has 0 saturated carbocycles. The van der Waals surface area contributed by atoms with Gasteiger partial charge in [0.1, 0.15) is 11.6 Å². The number of hydrogen-bond donors (Lipinski definition) is 1. The van der Waals surface area contributed by atoms with E-state index >= 15 is 0 Å². The molecule has 2 aromatic carbocycles. The van der Waals surface area contributed by atoms with Gasteiger partial charge in [0.15, 0.2) is 0 Å². The number of anilines is 1. The lowest BCUT2D eigenvalue weighted by molar-refractivity contribution is 0.411. The molecule has 100 valence electrons. The van der Waals surface area contributed by atoms with Crippen LogP contribution in [0, 0.1) is 5.82 Å². The van der Waals surface area contributed by atoms with E-state index in [2.05, 4.69) is 5.32 Å². The third kappa shape index (κ3) is 3.31. The zero-order chi connectivity index (χ0) is 13.8. The Labute approximate surface area is 121 Å². The van der Waals surface area contributed by atoms with Gasteiger partial charge < -0.3 is 10.1 Å². The van der Waals surface area contributed by atoms with Crippen molar-refractivity contribution < 1.29 is 9.13 Å². The van der Waals surface area contributed by atoms with E-state index in [0.717, 1.165) is 0 Å². The molecule has 5 heteroatoms. The monoisotopic (exact) mass is 299 g/mol. The third-order valence-corrected chi connectivity index (χ3v) is 3.31. The van der Waals surface area contributed by atoms with Crippen molar-refractivity contribution in [2.24, 2.45) is 0 Å². The average molecular weight is 300 g/mol. The van der Waals surface area contributed by atoms with E-state index in [4.69, 9.17) is 27.9 Å². The van der Waals surface area contributed by atoms with Crippen molar-refractivity contribution in [3.8, 4) is 5.75 Å². The molecule has 1 N–H and O–H groups in total. The molecule has 0 atom stereocenters. The van der Waals surface area contributed by atoms with Crippen molar-refractivity contribution in [1.82, 2.24) is 0 Å². The van der Waals surface area contributed by atoms with Gasteiger partial charge >= 0.3 is 0 Å². The summed E-state index contributed by atoms with van der Waals surface area (Å²) < 4.78 is 18.7. The highest BCUT2D eigenvalue weighted by atomic mass is 35.5. The first-order chi connectivity index (χ1) is 9.11. The van der Waals surface area contributed by atoms with Crippen molar-refractivity contribution in [3.63, 3.8) is 0 Å². The predicted octanol–water partition coefficient (Wildman–Crippen LogP) is 4.75. The van der Waals surface area contributed by atoms with Crippen LogP contribution in [0.15, 0.2) is 36.4 Å². The first kappa shape index (κ1) is 14.0. The third-order valence-electron chi connectivity index (χ3n) is 2.68. The normalized spacial score (nSPS) is 10.3. The fourth-order valence-corrected chi connectivity index (χ4v) is 2.18. The molecule has 0 radical (unpaired) electrons. The Morgan fingerprint density at radius 1 is 1.16 bits per heavy atom. The SMILES string of the molecule is COc1ccc(CNc2c(Cl)cccc2Cl)c(F)c1. The van der Waals surface area contributed by atoms with Crippen molar-refractivity contribution in [2.75, 3.05) is 12.4 Å². The number of rotatable bonds is 4. The number of para-hydroxylation sites is 1. The molecule has 2 nitrogen and oxygen atoms in total. The second-order valence-corrected chi connectivity index (χ2v) is 4.72. The highest BCUT2D eigenvalue weighted by Gasteiger charge is 2.07. The summed E-state index contributed by atoms with van der Waals surface area (Å²) >= 11 is 12.0. The summed E-state index contributed by atoms with van der Waals surface area (Å²) in [5, 5.41) is 4.03. The molecule has 19 heavy (non-hydrogen) atoms. The summed E-state index contributed by atoms with van der Waals surface area (Å²) in [6.07, 6.45) is 0. The van der Waals surface area contributed by atoms with Gasteiger partial charge in [-0.25, -0.2) is 4.39 Å². The van der Waals surface area contributed by atoms with E-state index in [1.807, 2.05) is 0 Å². The molecular weight excluding hydrogens is 288 g/mol. The zero-order valence-electron chi connectivity index (χ0n) is 10.2. The van der Waals surface area contributed by atoms with Crippen molar-refractivity contribution >= 4 is 28.9 Å². The molecular formula is C14H12Cl2FNO. The summed E-state index contributed by atoms with van der Waals surface area (Å²) in [5.41, 5.74) is 1.11. The van der Waals surface area contributed by atoms with Crippen molar-refractivity contribution in [1.29, 1.82) is 0 Å². The van der Waals surface area contributed by atoms with Crippen LogP contribution in [0.5, 0.6) is 5.75 Å². The van der Waals surface area contributed by atoms with Crippen molar-refractivity contribution in [2.45, 2.75) is 6.54 Å². The van der Waals surface area contributed by atoms with E-state index in [-0.39, 0.29) is 5.82 Å². The Morgan fingerprint density at radius 3 is 2.42 bits per heavy atom. The standard InChI is InChI=1S/C14H12Cl2FNO/c1-19-10-6-5-9(13(17)7-10)8-18-14-11(15)3-2-4-12(14)16/h2-7,18H,8H2,1H3. The number of nitrogens with one attached hydrogen (secondary N) is 1. The summed E-state index contributed by atoms with van der Waals surface area (Å²) in [5.74, 6) is 0.145. The predicted molar refractivity (Wildman–Crippen MR) is 76.7 cm³/mol. The minimum absolute atomic E-state index is 0.291. The summed E-state index contributed by atoms with van der Waals surface area (Å²) in [6, 6.07) is 9.90. The highest BCUT2D eigenvalue weighted by molar-refractivity contribution is 6.39. The van der Waals surface area contributed by atoms with E-state index in [1.165, 1.54) is 13.2 Å². The van der Waals surface area contributed by atoms with Crippen LogP contribution in [0.2, 0.25) is 10.0 Å². The van der Waals surface area contributed by atoms with Gasteiger partial charge in [0.25, 0.3) is 0 Å². The second kappa shape index (κ2) is 6.13. The quantitative estimate of drug-likeness (QED) is 0.879. The van der Waals surface area contributed by atoms with Crippen molar-refractivity contribution in [3.05, 3.63) is 57.8 Å². The molecule has 0 aliphatic rings. The first-order valence-corrected chi connectivity index (χ1v) is 6.37. The molecule has 0 fully saturated rings. The minimum Gasteiger partial charge on any atom is -0.497 e. The van der Waals surface area contributed by atoms with Gasteiger partial charge in [0.2, 0.25) is 0 Å². The topological polar surface area (TPSA) is 21.3 Å². The van der Waals surface area contributed by atoms with Crippen LogP contribution in [0.4, 0.5) is 10.1 Å². The zero-order valence-corrected chi connectivity index (χ0v) is 11.7. The molecule has 2 aromatic rings. The van der Waals surface area contributed by atoms with Gasteiger partial charge in [-0.1, -0.05) is 35.3 Å². The Balaban J connectivity index is 2.15. The van der Waals surface area contributed by atoms with Gasteiger partial charge in [-0.15, -0.1) is 0 Å². The van der Waals surface area contributed by atoms with E-state index in [9.17, 15) is 4.39 Å². The maximum absolute atomic E-state index is 13.8. The molecule has 0 amide bonds. The average Bonchev–Trinajstić information content (AvgIpc) is 2.39. The number of halogens is 3. The van der Waals surface area contributed by atoms with Crippen LogP contribution < -0.4 is 10.1 Å².